The highest BCUT2D eigenvalue weighted by Gasteiger charge is 2.27. The Morgan fingerprint density at radius 3 is 2.25 bits per heavy atom. The van der Waals surface area contributed by atoms with E-state index >= 15 is 0 Å². The maximum Gasteiger partial charge on any atom is 0.252 e. The van der Waals surface area contributed by atoms with Crippen molar-refractivity contribution < 1.29 is 21.6 Å². The lowest BCUT2D eigenvalue weighted by molar-refractivity contribution is 0.0947. The summed E-state index contributed by atoms with van der Waals surface area (Å²) in [6.45, 7) is 1.67. The molecule has 2 N–H and O–H groups in total. The molecule has 0 bridgehead atoms. The van der Waals surface area contributed by atoms with Gasteiger partial charge in [0.05, 0.1) is 21.1 Å². The third-order valence-corrected chi connectivity index (χ3v) is 7.76. The summed E-state index contributed by atoms with van der Waals surface area (Å²) >= 11 is 0. The fraction of sp³-hybridized carbons (Fsp3) is 0.316. The Labute approximate surface area is 165 Å². The van der Waals surface area contributed by atoms with Crippen molar-refractivity contribution >= 4 is 25.8 Å². The number of hydrogen-bond donors (Lipinski definition) is 2. The monoisotopic (exact) mass is 422 g/mol. The summed E-state index contributed by atoms with van der Waals surface area (Å²) < 4.78 is 51.3. The summed E-state index contributed by atoms with van der Waals surface area (Å²) in [5.41, 5.74) is 0.798. The van der Waals surface area contributed by atoms with Crippen LogP contribution < -0.4 is 10.0 Å². The van der Waals surface area contributed by atoms with E-state index < -0.39 is 25.8 Å². The Kier molecular flexibility index (Phi) is 5.87. The van der Waals surface area contributed by atoms with Gasteiger partial charge in [-0.05, 0) is 42.7 Å². The van der Waals surface area contributed by atoms with Gasteiger partial charge in [-0.3, -0.25) is 4.79 Å². The van der Waals surface area contributed by atoms with Crippen molar-refractivity contribution in [3.63, 3.8) is 0 Å². The number of hydrogen-bond acceptors (Lipinski definition) is 5. The fourth-order valence-electron chi connectivity index (χ4n) is 2.63. The number of amides is 1. The molecule has 28 heavy (non-hydrogen) atoms. The predicted molar refractivity (Wildman–Crippen MR) is 105 cm³/mol. The molecule has 1 aliphatic rings. The van der Waals surface area contributed by atoms with Crippen LogP contribution >= 0.6 is 0 Å². The fourth-order valence-corrected chi connectivity index (χ4v) is 5.03. The first-order valence-electron chi connectivity index (χ1n) is 8.94. The normalized spacial score (nSPS) is 14.6. The molecule has 7 nitrogen and oxygen atoms in total. The van der Waals surface area contributed by atoms with Crippen molar-refractivity contribution in [3.05, 3.63) is 59.7 Å². The molecule has 1 amide bonds. The van der Waals surface area contributed by atoms with E-state index in [2.05, 4.69) is 10.0 Å². The average molecular weight is 423 g/mol. The van der Waals surface area contributed by atoms with Crippen LogP contribution in [-0.2, 0) is 26.4 Å². The minimum absolute atomic E-state index is 0.00240. The largest absolute Gasteiger partial charge is 0.348 e. The van der Waals surface area contributed by atoms with Crippen molar-refractivity contribution in [2.75, 3.05) is 5.75 Å². The molecule has 0 unspecified atom stereocenters. The first-order chi connectivity index (χ1) is 13.2. The molecule has 1 fully saturated rings. The van der Waals surface area contributed by atoms with Gasteiger partial charge in [-0.25, -0.2) is 21.6 Å². The molecule has 0 heterocycles. The third kappa shape index (κ3) is 4.78. The van der Waals surface area contributed by atoms with Crippen LogP contribution in [0.4, 0.5) is 0 Å². The van der Waals surface area contributed by atoms with Crippen molar-refractivity contribution in [2.24, 2.45) is 0 Å². The molecule has 0 aromatic heterocycles. The highest BCUT2D eigenvalue weighted by Crippen LogP contribution is 2.22. The maximum absolute atomic E-state index is 12.5. The van der Waals surface area contributed by atoms with Gasteiger partial charge in [-0.1, -0.05) is 31.2 Å². The van der Waals surface area contributed by atoms with E-state index in [1.165, 1.54) is 31.2 Å². The molecule has 3 rings (SSSR count). The van der Waals surface area contributed by atoms with Gasteiger partial charge in [0.1, 0.15) is 0 Å². The zero-order valence-electron chi connectivity index (χ0n) is 15.4. The van der Waals surface area contributed by atoms with Crippen LogP contribution in [0.2, 0.25) is 0 Å². The van der Waals surface area contributed by atoms with Crippen LogP contribution in [0.25, 0.3) is 0 Å². The molecule has 150 valence electrons. The van der Waals surface area contributed by atoms with E-state index in [-0.39, 0.29) is 33.7 Å². The molecule has 0 saturated heterocycles. The van der Waals surface area contributed by atoms with E-state index in [4.69, 9.17) is 0 Å². The van der Waals surface area contributed by atoms with Gasteiger partial charge < -0.3 is 5.32 Å². The Bertz CT molecular complexity index is 1070. The molecular formula is C19H22N2O5S2. The SMILES string of the molecule is CCS(=O)(=O)c1ccccc1C(=O)NCc1ccc(S(=O)(=O)NC2CC2)cc1. The van der Waals surface area contributed by atoms with Crippen LogP contribution in [0.3, 0.4) is 0 Å². The Balaban J connectivity index is 1.69. The number of benzene rings is 2. The van der Waals surface area contributed by atoms with Gasteiger partial charge in [-0.2, -0.15) is 0 Å². The van der Waals surface area contributed by atoms with Gasteiger partial charge in [0.25, 0.3) is 5.91 Å². The summed E-state index contributed by atoms with van der Waals surface area (Å²) in [4.78, 5) is 12.7. The Morgan fingerprint density at radius 2 is 1.64 bits per heavy atom. The maximum atomic E-state index is 12.5. The predicted octanol–water partition coefficient (Wildman–Crippen LogP) is 1.85. The van der Waals surface area contributed by atoms with Crippen LogP contribution in [0.5, 0.6) is 0 Å². The van der Waals surface area contributed by atoms with Gasteiger partial charge in [0, 0.05) is 12.6 Å². The van der Waals surface area contributed by atoms with Crippen molar-refractivity contribution in [1.82, 2.24) is 10.0 Å². The van der Waals surface area contributed by atoms with E-state index in [1.54, 1.807) is 24.3 Å². The minimum Gasteiger partial charge on any atom is -0.348 e. The summed E-state index contributed by atoms with van der Waals surface area (Å²) in [6.07, 6.45) is 1.72. The van der Waals surface area contributed by atoms with E-state index in [0.717, 1.165) is 12.8 Å². The van der Waals surface area contributed by atoms with Gasteiger partial charge in [0.15, 0.2) is 9.84 Å². The van der Waals surface area contributed by atoms with Gasteiger partial charge in [-0.15, -0.1) is 0 Å². The lowest BCUT2D eigenvalue weighted by atomic mass is 10.2. The minimum atomic E-state index is -3.52. The zero-order valence-corrected chi connectivity index (χ0v) is 17.0. The standard InChI is InChI=1S/C19H22N2O5S2/c1-2-27(23,24)18-6-4-3-5-17(18)19(22)20-13-14-7-11-16(12-8-14)28(25,26)21-15-9-10-15/h3-8,11-12,15,21H,2,9-10,13H2,1H3,(H,20,22). The average Bonchev–Trinajstić information content (AvgIpc) is 3.49. The Hall–Kier alpha value is -2.23. The smallest absolute Gasteiger partial charge is 0.252 e. The van der Waals surface area contributed by atoms with Gasteiger partial charge in [0.2, 0.25) is 10.0 Å². The second kappa shape index (κ2) is 8.02. The number of sulfone groups is 1. The Morgan fingerprint density at radius 1 is 1.00 bits per heavy atom. The second-order valence-electron chi connectivity index (χ2n) is 6.62. The molecule has 2 aromatic carbocycles. The highest BCUT2D eigenvalue weighted by atomic mass is 32.2. The number of rotatable bonds is 8. The third-order valence-electron chi connectivity index (χ3n) is 4.43. The number of nitrogens with one attached hydrogen (secondary N) is 2. The first kappa shape index (κ1) is 20.5. The van der Waals surface area contributed by atoms with Crippen molar-refractivity contribution in [1.29, 1.82) is 0 Å². The first-order valence-corrected chi connectivity index (χ1v) is 12.1. The quantitative estimate of drug-likeness (QED) is 0.675. The number of carbonyl (C=O) groups is 1. The topological polar surface area (TPSA) is 109 Å². The molecule has 0 spiro atoms. The summed E-state index contributed by atoms with van der Waals surface area (Å²) in [7, 11) is -7.04. The van der Waals surface area contributed by atoms with Gasteiger partial charge >= 0.3 is 0 Å². The lowest BCUT2D eigenvalue weighted by Crippen LogP contribution is -2.26. The molecule has 0 atom stereocenters. The molecule has 1 aliphatic carbocycles. The van der Waals surface area contributed by atoms with E-state index in [9.17, 15) is 21.6 Å². The lowest BCUT2D eigenvalue weighted by Gasteiger charge is -2.11. The number of carbonyl (C=O) groups excluding carboxylic acids is 1. The summed E-state index contributed by atoms with van der Waals surface area (Å²) in [5, 5.41) is 2.68. The molecular weight excluding hydrogens is 400 g/mol. The van der Waals surface area contributed by atoms with Crippen LogP contribution in [0, 0.1) is 0 Å². The second-order valence-corrected chi connectivity index (χ2v) is 10.6. The van der Waals surface area contributed by atoms with Crippen molar-refractivity contribution in [2.45, 2.75) is 42.1 Å². The van der Waals surface area contributed by atoms with Crippen LogP contribution in [0.1, 0.15) is 35.7 Å². The molecule has 1 saturated carbocycles. The summed E-state index contributed by atoms with van der Waals surface area (Å²) in [5.74, 6) is -0.595. The number of sulfonamides is 1. The van der Waals surface area contributed by atoms with Crippen molar-refractivity contribution in [3.8, 4) is 0 Å². The summed E-state index contributed by atoms with van der Waals surface area (Å²) in [6, 6.07) is 12.3. The molecule has 2 aromatic rings. The molecule has 9 heteroatoms. The van der Waals surface area contributed by atoms with E-state index in [1.807, 2.05) is 0 Å². The molecule has 0 radical (unpaired) electrons. The zero-order chi connectivity index (χ0) is 20.4. The highest BCUT2D eigenvalue weighted by molar-refractivity contribution is 7.91. The van der Waals surface area contributed by atoms with Crippen LogP contribution in [-0.4, -0.2) is 34.5 Å². The van der Waals surface area contributed by atoms with E-state index in [0.29, 0.717) is 5.56 Å². The van der Waals surface area contributed by atoms with Crippen LogP contribution in [0.15, 0.2) is 58.3 Å². The molecule has 0 aliphatic heterocycles.